The first-order valence-corrected chi connectivity index (χ1v) is 6.98. The van der Waals surface area contributed by atoms with Crippen LogP contribution in [0.5, 0.6) is 0 Å². The Labute approximate surface area is 101 Å². The van der Waals surface area contributed by atoms with Crippen LogP contribution in [0.25, 0.3) is 0 Å². The zero-order valence-electron chi connectivity index (χ0n) is 9.64. The average molecular weight is 256 g/mol. The fraction of sp³-hybridized carbons (Fsp3) is 0.364. The maximum atomic E-state index is 11.8. The van der Waals surface area contributed by atoms with Crippen molar-refractivity contribution in [1.82, 2.24) is 4.72 Å². The first kappa shape index (κ1) is 13.7. The van der Waals surface area contributed by atoms with Crippen molar-refractivity contribution in [3.63, 3.8) is 0 Å². The van der Waals surface area contributed by atoms with Crippen molar-refractivity contribution in [1.29, 1.82) is 0 Å². The van der Waals surface area contributed by atoms with Crippen LogP contribution in [0.3, 0.4) is 0 Å². The smallest absolute Gasteiger partial charge is 0.265 e. The average Bonchev–Trinajstić information content (AvgIpc) is 2.29. The molecule has 6 heteroatoms. The van der Waals surface area contributed by atoms with Crippen LogP contribution >= 0.6 is 0 Å². The van der Waals surface area contributed by atoms with Gasteiger partial charge in [-0.05, 0) is 31.5 Å². The van der Waals surface area contributed by atoms with Gasteiger partial charge in [0.15, 0.2) is 0 Å². The van der Waals surface area contributed by atoms with E-state index in [1.165, 1.54) is 6.92 Å². The first-order valence-electron chi connectivity index (χ1n) is 5.33. The molecule has 1 rings (SSSR count). The molecule has 0 heterocycles. The molecule has 0 radical (unpaired) electrons. The third-order valence-electron chi connectivity index (χ3n) is 2.30. The summed E-state index contributed by atoms with van der Waals surface area (Å²) >= 11 is 0. The van der Waals surface area contributed by atoms with Gasteiger partial charge < -0.3 is 5.73 Å². The van der Waals surface area contributed by atoms with Crippen molar-refractivity contribution in [3.05, 3.63) is 35.4 Å². The topological polar surface area (TPSA) is 89.3 Å². The molecule has 0 spiro atoms. The molecule has 0 fully saturated rings. The molecule has 0 aliphatic heterocycles. The van der Waals surface area contributed by atoms with E-state index < -0.39 is 15.9 Å². The van der Waals surface area contributed by atoms with E-state index in [1.54, 1.807) is 24.3 Å². The highest BCUT2D eigenvalue weighted by molar-refractivity contribution is 7.90. The van der Waals surface area contributed by atoms with Gasteiger partial charge in [-0.15, -0.1) is 0 Å². The van der Waals surface area contributed by atoms with E-state index in [2.05, 4.69) is 0 Å². The molecule has 94 valence electrons. The van der Waals surface area contributed by atoms with Gasteiger partial charge in [-0.3, -0.25) is 4.79 Å². The number of benzene rings is 1. The van der Waals surface area contributed by atoms with Crippen molar-refractivity contribution in [2.45, 2.75) is 13.3 Å². The number of carbonyl (C=O) groups excluding carboxylic acids is 1. The maximum absolute atomic E-state index is 11.8. The summed E-state index contributed by atoms with van der Waals surface area (Å²) in [6.45, 7) is 1.88. The lowest BCUT2D eigenvalue weighted by molar-refractivity contribution is 0.0980. The second-order valence-corrected chi connectivity index (χ2v) is 5.54. The van der Waals surface area contributed by atoms with Gasteiger partial charge in [0.05, 0.1) is 5.75 Å². The van der Waals surface area contributed by atoms with E-state index in [9.17, 15) is 13.2 Å². The Balaban J connectivity index is 2.96. The molecule has 0 saturated heterocycles. The number of hydrogen-bond donors (Lipinski definition) is 2. The van der Waals surface area contributed by atoms with Crippen molar-refractivity contribution >= 4 is 15.9 Å². The van der Waals surface area contributed by atoms with Crippen LogP contribution in [-0.4, -0.2) is 26.6 Å². The number of amides is 1. The molecule has 0 aromatic heterocycles. The SMILES string of the molecule is CCS(=O)(=O)NC(=O)c1ccccc1CCN. The van der Waals surface area contributed by atoms with Gasteiger partial charge in [0.1, 0.15) is 0 Å². The lowest BCUT2D eigenvalue weighted by Gasteiger charge is -2.08. The Kier molecular flexibility index (Phi) is 4.65. The Morgan fingerprint density at radius 2 is 2.00 bits per heavy atom. The molecule has 5 nitrogen and oxygen atoms in total. The largest absolute Gasteiger partial charge is 0.330 e. The first-order chi connectivity index (χ1) is 8.00. The fourth-order valence-corrected chi connectivity index (χ4v) is 1.92. The molecular weight excluding hydrogens is 240 g/mol. The Morgan fingerprint density at radius 1 is 1.35 bits per heavy atom. The quantitative estimate of drug-likeness (QED) is 0.791. The zero-order valence-corrected chi connectivity index (χ0v) is 10.5. The predicted octanol–water partition coefficient (Wildman–Crippen LogP) is 0.267. The molecule has 17 heavy (non-hydrogen) atoms. The van der Waals surface area contributed by atoms with E-state index in [1.807, 2.05) is 4.72 Å². The van der Waals surface area contributed by atoms with E-state index >= 15 is 0 Å². The van der Waals surface area contributed by atoms with Crippen molar-refractivity contribution < 1.29 is 13.2 Å². The molecule has 3 N–H and O–H groups in total. The highest BCUT2D eigenvalue weighted by Crippen LogP contribution is 2.09. The summed E-state index contributed by atoms with van der Waals surface area (Å²) in [5, 5.41) is 0. The lowest BCUT2D eigenvalue weighted by atomic mass is 10.0. The predicted molar refractivity (Wildman–Crippen MR) is 66.1 cm³/mol. The highest BCUT2D eigenvalue weighted by Gasteiger charge is 2.16. The van der Waals surface area contributed by atoms with Gasteiger partial charge in [0.25, 0.3) is 5.91 Å². The molecule has 1 aromatic rings. The third kappa shape index (κ3) is 3.83. The molecule has 0 saturated carbocycles. The fourth-order valence-electron chi connectivity index (χ4n) is 1.38. The van der Waals surface area contributed by atoms with E-state index in [-0.39, 0.29) is 5.75 Å². The van der Waals surface area contributed by atoms with E-state index in [0.717, 1.165) is 5.56 Å². The summed E-state index contributed by atoms with van der Waals surface area (Å²) in [6, 6.07) is 6.83. The van der Waals surface area contributed by atoms with Crippen LogP contribution in [0.1, 0.15) is 22.8 Å². The number of hydrogen-bond acceptors (Lipinski definition) is 4. The number of nitrogens with two attached hydrogens (primary N) is 1. The van der Waals surface area contributed by atoms with Crippen LogP contribution in [-0.2, 0) is 16.4 Å². The Hall–Kier alpha value is -1.40. The van der Waals surface area contributed by atoms with Crippen LogP contribution in [0.4, 0.5) is 0 Å². The van der Waals surface area contributed by atoms with Crippen LogP contribution < -0.4 is 10.5 Å². The van der Waals surface area contributed by atoms with Crippen molar-refractivity contribution in [2.75, 3.05) is 12.3 Å². The summed E-state index contributed by atoms with van der Waals surface area (Å²) in [4.78, 5) is 11.8. The van der Waals surface area contributed by atoms with Gasteiger partial charge in [0, 0.05) is 5.56 Å². The number of rotatable bonds is 5. The second kappa shape index (κ2) is 5.79. The summed E-state index contributed by atoms with van der Waals surface area (Å²) in [5.41, 5.74) is 6.54. The normalized spacial score (nSPS) is 11.2. The maximum Gasteiger partial charge on any atom is 0.265 e. The molecule has 1 aromatic carbocycles. The van der Waals surface area contributed by atoms with Gasteiger partial charge in [0.2, 0.25) is 10.0 Å². The summed E-state index contributed by atoms with van der Waals surface area (Å²) < 4.78 is 24.6. The Morgan fingerprint density at radius 3 is 2.59 bits per heavy atom. The zero-order chi connectivity index (χ0) is 12.9. The molecule has 1 amide bonds. The summed E-state index contributed by atoms with van der Waals surface area (Å²) in [5.74, 6) is -0.728. The number of nitrogens with one attached hydrogen (secondary N) is 1. The molecule has 0 bridgehead atoms. The monoisotopic (exact) mass is 256 g/mol. The van der Waals surface area contributed by atoms with Gasteiger partial charge in [-0.2, -0.15) is 0 Å². The molecule has 0 unspecified atom stereocenters. The summed E-state index contributed by atoms with van der Waals surface area (Å²) in [6.07, 6.45) is 0.537. The van der Waals surface area contributed by atoms with Crippen LogP contribution in [0, 0.1) is 0 Å². The van der Waals surface area contributed by atoms with Crippen molar-refractivity contribution in [2.24, 2.45) is 5.73 Å². The highest BCUT2D eigenvalue weighted by atomic mass is 32.2. The second-order valence-electron chi connectivity index (χ2n) is 3.53. The van der Waals surface area contributed by atoms with E-state index in [4.69, 9.17) is 5.73 Å². The van der Waals surface area contributed by atoms with Crippen molar-refractivity contribution in [3.8, 4) is 0 Å². The molecule has 0 atom stereocenters. The van der Waals surface area contributed by atoms with Crippen LogP contribution in [0.2, 0.25) is 0 Å². The minimum absolute atomic E-state index is 0.127. The minimum Gasteiger partial charge on any atom is -0.330 e. The van der Waals surface area contributed by atoms with Gasteiger partial charge >= 0.3 is 0 Å². The molecule has 0 aliphatic carbocycles. The van der Waals surface area contributed by atoms with E-state index in [0.29, 0.717) is 18.5 Å². The summed E-state index contributed by atoms with van der Waals surface area (Å²) in [7, 11) is -3.53. The van der Waals surface area contributed by atoms with Gasteiger partial charge in [-0.25, -0.2) is 13.1 Å². The Bertz CT molecular complexity index is 497. The minimum atomic E-state index is -3.53. The number of sulfonamides is 1. The molecular formula is C11H16N2O3S. The third-order valence-corrected chi connectivity index (χ3v) is 3.56. The van der Waals surface area contributed by atoms with Gasteiger partial charge in [-0.1, -0.05) is 18.2 Å². The lowest BCUT2D eigenvalue weighted by Crippen LogP contribution is -2.32. The standard InChI is InChI=1S/C11H16N2O3S/c1-2-17(15,16)13-11(14)10-6-4-3-5-9(10)7-8-12/h3-6H,2,7-8,12H2,1H3,(H,13,14). The molecule has 0 aliphatic rings. The van der Waals surface area contributed by atoms with Crippen LogP contribution in [0.15, 0.2) is 24.3 Å². The number of carbonyl (C=O) groups is 1.